The topological polar surface area (TPSA) is 108 Å². The average Bonchev–Trinajstić information content (AvgIpc) is 3.46. The van der Waals surface area contributed by atoms with E-state index in [1.807, 2.05) is 59.5 Å². The van der Waals surface area contributed by atoms with Crippen LogP contribution in [0.25, 0.3) is 27.9 Å². The van der Waals surface area contributed by atoms with Crippen LogP contribution in [0.5, 0.6) is 0 Å². The molecule has 1 saturated heterocycles. The molecule has 1 aliphatic heterocycles. The molecule has 5 aromatic rings. The third kappa shape index (κ3) is 5.13. The third-order valence-corrected chi connectivity index (χ3v) is 6.92. The van der Waals surface area contributed by atoms with Crippen molar-refractivity contribution in [2.24, 2.45) is 0 Å². The zero-order chi connectivity index (χ0) is 27.5. The van der Waals surface area contributed by atoms with E-state index in [0.717, 1.165) is 10.9 Å². The molecule has 1 fully saturated rings. The number of hydrazine groups is 1. The predicted molar refractivity (Wildman–Crippen MR) is 150 cm³/mol. The Kier molecular flexibility index (Phi) is 6.92. The minimum Gasteiger partial charge on any atom is -0.366 e. The highest BCUT2D eigenvalue weighted by atomic mass is 19.1. The molecule has 0 spiro atoms. The summed E-state index contributed by atoms with van der Waals surface area (Å²) in [7, 11) is 0. The number of benzene rings is 3. The molecule has 6 rings (SSSR count). The number of hydrogen-bond acceptors (Lipinski definition) is 7. The van der Waals surface area contributed by atoms with Crippen LogP contribution < -0.4 is 15.8 Å². The Hall–Kier alpha value is -5.06. The first-order valence-corrected chi connectivity index (χ1v) is 13.1. The summed E-state index contributed by atoms with van der Waals surface area (Å²) in [5.41, 5.74) is 8.20. The SMILES string of the molecule is O=C(CCC(=O)N1CCN(c2ccccc2F)CC1)NNc1nc2ccccc2c2nc(-c3ccccc3)nn12. The average molecular weight is 539 g/mol. The molecule has 40 heavy (non-hydrogen) atoms. The van der Waals surface area contributed by atoms with Gasteiger partial charge in [0.15, 0.2) is 11.5 Å². The largest absolute Gasteiger partial charge is 0.366 e. The maximum Gasteiger partial charge on any atom is 0.245 e. The summed E-state index contributed by atoms with van der Waals surface area (Å²) < 4.78 is 15.7. The van der Waals surface area contributed by atoms with Crippen molar-refractivity contribution in [3.05, 3.63) is 84.7 Å². The second-order valence-electron chi connectivity index (χ2n) is 9.48. The molecule has 0 atom stereocenters. The van der Waals surface area contributed by atoms with Crippen LogP contribution in [0.4, 0.5) is 16.0 Å². The summed E-state index contributed by atoms with van der Waals surface area (Å²) in [6.07, 6.45) is 0.0674. The molecular weight excluding hydrogens is 511 g/mol. The highest BCUT2D eigenvalue weighted by molar-refractivity contribution is 5.93. The van der Waals surface area contributed by atoms with Gasteiger partial charge in [0, 0.05) is 50.0 Å². The standard InChI is InChI=1S/C29H27FN8O2/c30-22-11-5-7-13-24(22)36-16-18-37(19-17-36)26(40)15-14-25(39)33-34-29-31-23-12-6-4-10-21(23)28-32-27(35-38(28)29)20-8-2-1-3-9-20/h1-13H,14-19H2,(H,31,34)(H,33,39). The van der Waals surface area contributed by atoms with Gasteiger partial charge in [0.1, 0.15) is 5.82 Å². The van der Waals surface area contributed by atoms with Gasteiger partial charge in [-0.1, -0.05) is 54.6 Å². The van der Waals surface area contributed by atoms with E-state index in [4.69, 9.17) is 4.98 Å². The van der Waals surface area contributed by atoms with Gasteiger partial charge in [0.25, 0.3) is 0 Å². The van der Waals surface area contributed by atoms with E-state index in [2.05, 4.69) is 20.9 Å². The number of piperazine rings is 1. The van der Waals surface area contributed by atoms with Crippen molar-refractivity contribution >= 4 is 40.0 Å². The maximum absolute atomic E-state index is 14.1. The predicted octanol–water partition coefficient (Wildman–Crippen LogP) is 3.66. The van der Waals surface area contributed by atoms with Crippen LogP contribution >= 0.6 is 0 Å². The lowest BCUT2D eigenvalue weighted by Gasteiger charge is -2.36. The van der Waals surface area contributed by atoms with Crippen LogP contribution in [-0.2, 0) is 9.59 Å². The molecule has 3 aromatic carbocycles. The van der Waals surface area contributed by atoms with Gasteiger partial charge in [-0.15, -0.1) is 5.10 Å². The molecule has 0 radical (unpaired) electrons. The van der Waals surface area contributed by atoms with Crippen LogP contribution in [0, 0.1) is 5.82 Å². The summed E-state index contributed by atoms with van der Waals surface area (Å²) >= 11 is 0. The van der Waals surface area contributed by atoms with Crippen molar-refractivity contribution in [3.8, 4) is 11.4 Å². The Morgan fingerprint density at radius 1 is 0.825 bits per heavy atom. The van der Waals surface area contributed by atoms with Crippen molar-refractivity contribution in [3.63, 3.8) is 0 Å². The molecule has 0 saturated carbocycles. The fourth-order valence-electron chi connectivity index (χ4n) is 4.82. The molecular formula is C29H27FN8O2. The zero-order valence-corrected chi connectivity index (χ0v) is 21.6. The van der Waals surface area contributed by atoms with Gasteiger partial charge in [0.05, 0.1) is 11.2 Å². The number of hydrogen-bond donors (Lipinski definition) is 2. The number of aromatic nitrogens is 4. The van der Waals surface area contributed by atoms with Gasteiger partial charge in [-0.05, 0) is 24.3 Å². The minimum atomic E-state index is -0.357. The summed E-state index contributed by atoms with van der Waals surface area (Å²) in [5.74, 6) is 0.0936. The summed E-state index contributed by atoms with van der Waals surface area (Å²) in [6.45, 7) is 2.02. The second-order valence-corrected chi connectivity index (χ2v) is 9.48. The van der Waals surface area contributed by atoms with Crippen LogP contribution in [0.1, 0.15) is 12.8 Å². The van der Waals surface area contributed by atoms with E-state index >= 15 is 0 Å². The van der Waals surface area contributed by atoms with Crippen molar-refractivity contribution in [1.29, 1.82) is 0 Å². The van der Waals surface area contributed by atoms with E-state index < -0.39 is 0 Å². The number of anilines is 2. The van der Waals surface area contributed by atoms with E-state index in [-0.39, 0.29) is 30.5 Å². The number of carbonyl (C=O) groups is 2. The highest BCUT2D eigenvalue weighted by Crippen LogP contribution is 2.24. The van der Waals surface area contributed by atoms with Gasteiger partial charge in [-0.2, -0.15) is 4.52 Å². The molecule has 0 unspecified atom stereocenters. The third-order valence-electron chi connectivity index (χ3n) is 6.92. The fraction of sp³-hybridized carbons (Fsp3) is 0.207. The zero-order valence-electron chi connectivity index (χ0n) is 21.6. The number of rotatable bonds is 7. The first-order chi connectivity index (χ1) is 19.6. The second kappa shape index (κ2) is 11.0. The van der Waals surface area contributed by atoms with E-state index in [1.54, 1.807) is 27.6 Å². The molecule has 0 bridgehead atoms. The number of halogens is 1. The minimum absolute atomic E-state index is 0.00269. The maximum atomic E-state index is 14.1. The van der Waals surface area contributed by atoms with E-state index in [9.17, 15) is 14.0 Å². The first kappa shape index (κ1) is 25.2. The molecule has 1 aliphatic rings. The molecule has 2 N–H and O–H groups in total. The Labute approximate surface area is 229 Å². The van der Waals surface area contributed by atoms with Gasteiger partial charge in [-0.25, -0.2) is 14.4 Å². The van der Waals surface area contributed by atoms with Crippen molar-refractivity contribution in [1.82, 2.24) is 29.9 Å². The van der Waals surface area contributed by atoms with Crippen LogP contribution in [0.2, 0.25) is 0 Å². The van der Waals surface area contributed by atoms with E-state index in [0.29, 0.717) is 54.8 Å². The number of para-hydroxylation sites is 2. The molecule has 0 aliphatic carbocycles. The highest BCUT2D eigenvalue weighted by Gasteiger charge is 2.23. The lowest BCUT2D eigenvalue weighted by atomic mass is 10.2. The molecule has 10 nitrogen and oxygen atoms in total. The lowest BCUT2D eigenvalue weighted by Crippen LogP contribution is -2.49. The molecule has 11 heteroatoms. The van der Waals surface area contributed by atoms with Gasteiger partial charge in [0.2, 0.25) is 17.8 Å². The summed E-state index contributed by atoms with van der Waals surface area (Å²) in [4.78, 5) is 38.4. The Morgan fingerprint density at radius 3 is 2.35 bits per heavy atom. The molecule has 3 heterocycles. The molecule has 202 valence electrons. The van der Waals surface area contributed by atoms with Gasteiger partial charge < -0.3 is 9.80 Å². The normalized spacial score (nSPS) is 13.5. The van der Waals surface area contributed by atoms with Gasteiger partial charge >= 0.3 is 0 Å². The first-order valence-electron chi connectivity index (χ1n) is 13.1. The number of nitrogens with zero attached hydrogens (tertiary/aromatic N) is 6. The summed E-state index contributed by atoms with van der Waals surface area (Å²) in [5, 5.41) is 5.45. The molecule has 2 aromatic heterocycles. The van der Waals surface area contributed by atoms with Crippen LogP contribution in [-0.4, -0.2) is 62.5 Å². The number of amides is 2. The van der Waals surface area contributed by atoms with Gasteiger partial charge in [-0.3, -0.25) is 20.4 Å². The van der Waals surface area contributed by atoms with E-state index in [1.165, 1.54) is 6.07 Å². The fourth-order valence-corrected chi connectivity index (χ4v) is 4.82. The van der Waals surface area contributed by atoms with Crippen LogP contribution in [0.15, 0.2) is 78.9 Å². The Morgan fingerprint density at radius 2 is 1.55 bits per heavy atom. The Balaban J connectivity index is 1.08. The van der Waals surface area contributed by atoms with Crippen molar-refractivity contribution in [2.45, 2.75) is 12.8 Å². The van der Waals surface area contributed by atoms with Crippen molar-refractivity contribution in [2.75, 3.05) is 36.5 Å². The van der Waals surface area contributed by atoms with Crippen molar-refractivity contribution < 1.29 is 14.0 Å². The number of nitrogens with one attached hydrogen (secondary N) is 2. The number of carbonyl (C=O) groups excluding carboxylic acids is 2. The lowest BCUT2D eigenvalue weighted by molar-refractivity contribution is -0.133. The number of fused-ring (bicyclic) bond motifs is 3. The monoisotopic (exact) mass is 538 g/mol. The Bertz CT molecular complexity index is 1680. The smallest absolute Gasteiger partial charge is 0.245 e. The molecule has 2 amide bonds. The summed E-state index contributed by atoms with van der Waals surface area (Å²) in [6, 6.07) is 23.8. The quantitative estimate of drug-likeness (QED) is 0.305. The van der Waals surface area contributed by atoms with Crippen LogP contribution in [0.3, 0.4) is 0 Å².